The highest BCUT2D eigenvalue weighted by Crippen LogP contribution is 2.26. The van der Waals surface area contributed by atoms with Crippen molar-refractivity contribution in [2.45, 2.75) is 38.0 Å². The molecule has 2 aromatic rings. The van der Waals surface area contributed by atoms with Crippen molar-refractivity contribution in [3.8, 4) is 0 Å². The molecule has 1 heterocycles. The highest BCUT2D eigenvalue weighted by atomic mass is 35.5. The number of pyridine rings is 1. The molecule has 0 aliphatic heterocycles. The molecule has 24 heavy (non-hydrogen) atoms. The van der Waals surface area contributed by atoms with Crippen LogP contribution >= 0.6 is 11.6 Å². The highest BCUT2D eigenvalue weighted by Gasteiger charge is 2.23. The van der Waals surface area contributed by atoms with Gasteiger partial charge in [-0.1, -0.05) is 42.6 Å². The third-order valence-corrected chi connectivity index (χ3v) is 5.04. The van der Waals surface area contributed by atoms with Gasteiger partial charge in [0.05, 0.1) is 5.92 Å². The molecule has 1 aromatic heterocycles. The molecule has 0 bridgehead atoms. The lowest BCUT2D eigenvalue weighted by Crippen LogP contribution is -2.33. The minimum atomic E-state index is -0.215. The molecule has 1 atom stereocenters. The van der Waals surface area contributed by atoms with E-state index in [0.29, 0.717) is 17.4 Å². The quantitative estimate of drug-likeness (QED) is 0.847. The molecule has 0 spiro atoms. The van der Waals surface area contributed by atoms with E-state index >= 15 is 0 Å². The number of halogens is 1. The first kappa shape index (κ1) is 17.0. The zero-order chi connectivity index (χ0) is 16.8. The number of hydrogen-bond donors (Lipinski definition) is 1. The maximum atomic E-state index is 12.8. The third kappa shape index (κ3) is 4.57. The molecule has 1 fully saturated rings. The molecule has 3 rings (SSSR count). The molecule has 1 aliphatic carbocycles. The number of nitrogens with zero attached hydrogens (tertiary/aromatic N) is 1. The molecular formula is C20H23ClN2O. The summed E-state index contributed by atoms with van der Waals surface area (Å²) in [6.45, 7) is 0.788. The topological polar surface area (TPSA) is 42.0 Å². The van der Waals surface area contributed by atoms with Gasteiger partial charge in [0.25, 0.3) is 0 Å². The second kappa shape index (κ2) is 8.29. The lowest BCUT2D eigenvalue weighted by molar-refractivity contribution is -0.122. The number of rotatable bonds is 6. The van der Waals surface area contributed by atoms with Crippen LogP contribution in [0.25, 0.3) is 0 Å². The van der Waals surface area contributed by atoms with Crippen molar-refractivity contribution >= 4 is 17.5 Å². The predicted octanol–water partition coefficient (Wildman–Crippen LogP) is 4.37. The van der Waals surface area contributed by atoms with E-state index < -0.39 is 0 Å². The minimum Gasteiger partial charge on any atom is -0.355 e. The number of aromatic nitrogens is 1. The number of carbonyl (C=O) groups is 1. The Hall–Kier alpha value is -1.87. The zero-order valence-electron chi connectivity index (χ0n) is 13.7. The fraction of sp³-hybridized carbons (Fsp3) is 0.400. The summed E-state index contributed by atoms with van der Waals surface area (Å²) >= 11 is 5.99. The minimum absolute atomic E-state index is 0.0908. The summed E-state index contributed by atoms with van der Waals surface area (Å²) in [6.07, 6.45) is 9.26. The van der Waals surface area contributed by atoms with E-state index in [-0.39, 0.29) is 11.8 Å². The summed E-state index contributed by atoms with van der Waals surface area (Å²) < 4.78 is 0. The Labute approximate surface area is 148 Å². The van der Waals surface area contributed by atoms with E-state index in [1.807, 2.05) is 42.6 Å². The van der Waals surface area contributed by atoms with E-state index in [0.717, 1.165) is 17.7 Å². The Bertz CT molecular complexity index is 651. The number of amides is 1. The van der Waals surface area contributed by atoms with E-state index in [4.69, 9.17) is 11.6 Å². The lowest BCUT2D eigenvalue weighted by Gasteiger charge is -2.19. The SMILES string of the molecule is O=C(NCC1CCCC1)C(Cc1cccnc1)c1ccc(Cl)cc1. The molecule has 1 unspecified atom stereocenters. The molecule has 0 saturated heterocycles. The summed E-state index contributed by atoms with van der Waals surface area (Å²) in [4.78, 5) is 17.0. The maximum Gasteiger partial charge on any atom is 0.227 e. The van der Waals surface area contributed by atoms with Gasteiger partial charge in [0.15, 0.2) is 0 Å². The van der Waals surface area contributed by atoms with Crippen molar-refractivity contribution in [1.29, 1.82) is 0 Å². The van der Waals surface area contributed by atoms with Gasteiger partial charge in [-0.15, -0.1) is 0 Å². The normalized spacial score (nSPS) is 16.0. The van der Waals surface area contributed by atoms with Gasteiger partial charge in [0.1, 0.15) is 0 Å². The smallest absolute Gasteiger partial charge is 0.227 e. The van der Waals surface area contributed by atoms with Crippen molar-refractivity contribution in [2.75, 3.05) is 6.54 Å². The van der Waals surface area contributed by atoms with Gasteiger partial charge in [0, 0.05) is 24.0 Å². The molecule has 1 aromatic carbocycles. The second-order valence-electron chi connectivity index (χ2n) is 6.57. The lowest BCUT2D eigenvalue weighted by atomic mass is 9.91. The Morgan fingerprint density at radius 1 is 1.21 bits per heavy atom. The zero-order valence-corrected chi connectivity index (χ0v) is 14.5. The van der Waals surface area contributed by atoms with E-state index in [9.17, 15) is 4.79 Å². The van der Waals surface area contributed by atoms with Crippen LogP contribution in [0.3, 0.4) is 0 Å². The molecule has 1 N–H and O–H groups in total. The van der Waals surface area contributed by atoms with Crippen LogP contribution in [-0.4, -0.2) is 17.4 Å². The van der Waals surface area contributed by atoms with Crippen molar-refractivity contribution in [3.63, 3.8) is 0 Å². The Balaban J connectivity index is 1.72. The highest BCUT2D eigenvalue weighted by molar-refractivity contribution is 6.30. The Morgan fingerprint density at radius 2 is 1.96 bits per heavy atom. The standard InChI is InChI=1S/C20H23ClN2O/c21-18-9-7-17(8-10-18)19(12-16-6-3-11-22-13-16)20(24)23-14-15-4-1-2-5-15/h3,6-11,13,15,19H,1-2,4-5,12,14H2,(H,23,24). The molecule has 3 nitrogen and oxygen atoms in total. The van der Waals surface area contributed by atoms with Gasteiger partial charge in [-0.05, 0) is 54.5 Å². The number of benzene rings is 1. The van der Waals surface area contributed by atoms with Crippen LogP contribution in [0.15, 0.2) is 48.8 Å². The van der Waals surface area contributed by atoms with E-state index in [2.05, 4.69) is 10.3 Å². The van der Waals surface area contributed by atoms with E-state index in [1.54, 1.807) is 6.20 Å². The van der Waals surface area contributed by atoms with Crippen LogP contribution in [0.2, 0.25) is 5.02 Å². The van der Waals surface area contributed by atoms with E-state index in [1.165, 1.54) is 25.7 Å². The van der Waals surface area contributed by atoms with Crippen molar-refractivity contribution in [2.24, 2.45) is 5.92 Å². The van der Waals surface area contributed by atoms with Crippen LogP contribution in [0, 0.1) is 5.92 Å². The summed E-state index contributed by atoms with van der Waals surface area (Å²) in [7, 11) is 0. The number of nitrogens with one attached hydrogen (secondary N) is 1. The van der Waals surface area contributed by atoms with Gasteiger partial charge < -0.3 is 5.32 Å². The van der Waals surface area contributed by atoms with Crippen molar-refractivity contribution < 1.29 is 4.79 Å². The monoisotopic (exact) mass is 342 g/mol. The van der Waals surface area contributed by atoms with Gasteiger partial charge in [-0.2, -0.15) is 0 Å². The summed E-state index contributed by atoms with van der Waals surface area (Å²) in [5, 5.41) is 3.85. The summed E-state index contributed by atoms with van der Waals surface area (Å²) in [5.41, 5.74) is 2.06. The average Bonchev–Trinajstić information content (AvgIpc) is 3.13. The molecule has 0 radical (unpaired) electrons. The second-order valence-corrected chi connectivity index (χ2v) is 7.00. The van der Waals surface area contributed by atoms with Crippen LogP contribution in [-0.2, 0) is 11.2 Å². The fourth-order valence-corrected chi connectivity index (χ4v) is 3.52. The molecule has 126 valence electrons. The van der Waals surface area contributed by atoms with Crippen LogP contribution < -0.4 is 5.32 Å². The van der Waals surface area contributed by atoms with Gasteiger partial charge in [-0.3, -0.25) is 9.78 Å². The van der Waals surface area contributed by atoms with Crippen LogP contribution in [0.5, 0.6) is 0 Å². The first-order valence-corrected chi connectivity index (χ1v) is 9.02. The number of carbonyl (C=O) groups excluding carboxylic acids is 1. The number of hydrogen-bond acceptors (Lipinski definition) is 2. The van der Waals surface area contributed by atoms with Crippen LogP contribution in [0.4, 0.5) is 0 Å². The molecule has 4 heteroatoms. The Morgan fingerprint density at radius 3 is 2.62 bits per heavy atom. The van der Waals surface area contributed by atoms with Gasteiger partial charge in [-0.25, -0.2) is 0 Å². The first-order valence-electron chi connectivity index (χ1n) is 8.64. The molecule has 1 amide bonds. The maximum absolute atomic E-state index is 12.8. The summed E-state index contributed by atoms with van der Waals surface area (Å²) in [5.74, 6) is 0.513. The first-order chi connectivity index (χ1) is 11.7. The van der Waals surface area contributed by atoms with Crippen LogP contribution in [0.1, 0.15) is 42.7 Å². The van der Waals surface area contributed by atoms with Gasteiger partial charge >= 0.3 is 0 Å². The third-order valence-electron chi connectivity index (χ3n) is 4.79. The van der Waals surface area contributed by atoms with Gasteiger partial charge in [0.2, 0.25) is 5.91 Å². The average molecular weight is 343 g/mol. The molecule has 1 aliphatic rings. The fourth-order valence-electron chi connectivity index (χ4n) is 3.39. The van der Waals surface area contributed by atoms with Crippen molar-refractivity contribution in [3.05, 3.63) is 64.9 Å². The molecule has 1 saturated carbocycles. The summed E-state index contributed by atoms with van der Waals surface area (Å²) in [6, 6.07) is 11.5. The predicted molar refractivity (Wildman–Crippen MR) is 97.1 cm³/mol. The Kier molecular flexibility index (Phi) is 5.86. The molecular weight excluding hydrogens is 320 g/mol. The van der Waals surface area contributed by atoms with Crippen molar-refractivity contribution in [1.82, 2.24) is 10.3 Å². The largest absolute Gasteiger partial charge is 0.355 e.